The lowest BCUT2D eigenvalue weighted by Gasteiger charge is -2.31. The summed E-state index contributed by atoms with van der Waals surface area (Å²) in [6.07, 6.45) is 3.96. The third kappa shape index (κ3) is 2.17. The van der Waals surface area contributed by atoms with Gasteiger partial charge in [0.05, 0.1) is 5.69 Å². The first-order valence-electron chi connectivity index (χ1n) is 7.41. The second kappa shape index (κ2) is 5.22. The number of nitrogens with one attached hydrogen (secondary N) is 2. The lowest BCUT2D eigenvalue weighted by Crippen LogP contribution is -2.43. The summed E-state index contributed by atoms with van der Waals surface area (Å²) in [6.45, 7) is 4.12. The van der Waals surface area contributed by atoms with E-state index < -0.39 is 0 Å². The quantitative estimate of drug-likeness (QED) is 0.757. The first-order valence-corrected chi connectivity index (χ1v) is 7.41. The van der Waals surface area contributed by atoms with Gasteiger partial charge >= 0.3 is 0 Å². The van der Waals surface area contributed by atoms with E-state index in [1.165, 1.54) is 22.2 Å². The molecule has 1 aliphatic heterocycles. The van der Waals surface area contributed by atoms with Gasteiger partial charge in [0.15, 0.2) is 0 Å². The fraction of sp³-hybridized carbons (Fsp3) is 0.235. The molecule has 1 fully saturated rings. The van der Waals surface area contributed by atoms with Crippen LogP contribution in [0.15, 0.2) is 48.8 Å². The van der Waals surface area contributed by atoms with Crippen LogP contribution in [0.4, 0.5) is 5.69 Å². The van der Waals surface area contributed by atoms with Gasteiger partial charge < -0.3 is 15.2 Å². The summed E-state index contributed by atoms with van der Waals surface area (Å²) in [4.78, 5) is 10.3. The summed E-state index contributed by atoms with van der Waals surface area (Å²) >= 11 is 0. The van der Waals surface area contributed by atoms with Crippen molar-refractivity contribution in [3.63, 3.8) is 0 Å². The van der Waals surface area contributed by atoms with Crippen molar-refractivity contribution in [1.29, 1.82) is 0 Å². The van der Waals surface area contributed by atoms with Gasteiger partial charge in [-0.15, -0.1) is 0 Å². The molecule has 1 saturated heterocycles. The fourth-order valence-corrected chi connectivity index (χ4v) is 3.05. The minimum Gasteiger partial charge on any atom is -0.368 e. The zero-order valence-corrected chi connectivity index (χ0v) is 11.8. The van der Waals surface area contributed by atoms with E-state index in [1.807, 2.05) is 12.4 Å². The Morgan fingerprint density at radius 3 is 2.62 bits per heavy atom. The van der Waals surface area contributed by atoms with Crippen LogP contribution in [0.1, 0.15) is 0 Å². The van der Waals surface area contributed by atoms with Crippen LogP contribution < -0.4 is 10.2 Å². The third-order valence-electron chi connectivity index (χ3n) is 4.08. The van der Waals surface area contributed by atoms with Crippen LogP contribution in [0.2, 0.25) is 0 Å². The van der Waals surface area contributed by atoms with Crippen LogP contribution in [0.25, 0.3) is 22.2 Å². The normalized spacial score (nSPS) is 15.5. The molecule has 106 valence electrons. The Morgan fingerprint density at radius 2 is 1.81 bits per heavy atom. The number of rotatable bonds is 2. The van der Waals surface area contributed by atoms with Crippen molar-refractivity contribution in [2.24, 2.45) is 0 Å². The molecule has 0 aliphatic carbocycles. The first-order chi connectivity index (χ1) is 10.4. The van der Waals surface area contributed by atoms with E-state index >= 15 is 0 Å². The van der Waals surface area contributed by atoms with E-state index in [0.717, 1.165) is 31.8 Å². The van der Waals surface area contributed by atoms with Crippen LogP contribution >= 0.6 is 0 Å². The van der Waals surface area contributed by atoms with Crippen LogP contribution in [-0.4, -0.2) is 36.1 Å². The van der Waals surface area contributed by atoms with Crippen molar-refractivity contribution < 1.29 is 0 Å². The van der Waals surface area contributed by atoms with Crippen molar-refractivity contribution in [2.45, 2.75) is 0 Å². The van der Waals surface area contributed by atoms with E-state index in [2.05, 4.69) is 56.6 Å². The van der Waals surface area contributed by atoms with E-state index in [4.69, 9.17) is 0 Å². The van der Waals surface area contributed by atoms with Crippen LogP contribution in [0, 0.1) is 0 Å². The molecule has 0 bridgehead atoms. The highest BCUT2D eigenvalue weighted by molar-refractivity contribution is 5.98. The summed E-state index contributed by atoms with van der Waals surface area (Å²) in [7, 11) is 0. The Bertz CT molecular complexity index is 742. The molecule has 4 nitrogen and oxygen atoms in total. The molecule has 0 radical (unpaired) electrons. The number of hydrogen-bond donors (Lipinski definition) is 2. The lowest BCUT2D eigenvalue weighted by atomic mass is 10.0. The van der Waals surface area contributed by atoms with Crippen molar-refractivity contribution in [2.75, 3.05) is 31.1 Å². The standard InChI is InChI=1S/C17H18N4/c1-2-4-13(5-3-1)15-12-20-17-14(6-7-19-17)16(15)21-10-8-18-9-11-21/h1-7,12,18H,8-11H2,(H,19,20). The van der Waals surface area contributed by atoms with Gasteiger partial charge in [-0.3, -0.25) is 0 Å². The summed E-state index contributed by atoms with van der Waals surface area (Å²) in [6, 6.07) is 12.7. The number of benzene rings is 1. The zero-order chi connectivity index (χ0) is 14.1. The van der Waals surface area contributed by atoms with Gasteiger partial charge in [0.25, 0.3) is 0 Å². The van der Waals surface area contributed by atoms with Gasteiger partial charge in [0.1, 0.15) is 5.65 Å². The lowest BCUT2D eigenvalue weighted by molar-refractivity contribution is 0.590. The molecule has 0 saturated carbocycles. The molecule has 2 aromatic heterocycles. The molecule has 0 atom stereocenters. The maximum Gasteiger partial charge on any atom is 0.139 e. The van der Waals surface area contributed by atoms with Crippen LogP contribution in [0.3, 0.4) is 0 Å². The number of pyridine rings is 1. The van der Waals surface area contributed by atoms with Crippen molar-refractivity contribution in [3.05, 3.63) is 48.8 Å². The summed E-state index contributed by atoms with van der Waals surface area (Å²) < 4.78 is 0. The zero-order valence-electron chi connectivity index (χ0n) is 11.8. The molecule has 0 unspecified atom stereocenters. The molecule has 21 heavy (non-hydrogen) atoms. The Kier molecular flexibility index (Phi) is 3.09. The number of aromatic nitrogens is 2. The number of aromatic amines is 1. The number of piperazine rings is 1. The summed E-state index contributed by atoms with van der Waals surface area (Å²) in [5.74, 6) is 0. The number of anilines is 1. The van der Waals surface area contributed by atoms with Gasteiger partial charge in [-0.2, -0.15) is 0 Å². The minimum atomic E-state index is 0.961. The molecular weight excluding hydrogens is 260 g/mol. The molecule has 1 aromatic carbocycles. The Hall–Kier alpha value is -2.33. The van der Waals surface area contributed by atoms with Crippen molar-refractivity contribution in [1.82, 2.24) is 15.3 Å². The van der Waals surface area contributed by atoms with E-state index in [1.54, 1.807) is 0 Å². The first kappa shape index (κ1) is 12.4. The van der Waals surface area contributed by atoms with Gasteiger partial charge in [0, 0.05) is 49.5 Å². The number of nitrogens with zero attached hydrogens (tertiary/aromatic N) is 2. The van der Waals surface area contributed by atoms with Gasteiger partial charge in [0.2, 0.25) is 0 Å². The highest BCUT2D eigenvalue weighted by Crippen LogP contribution is 2.36. The number of fused-ring (bicyclic) bond motifs is 1. The topological polar surface area (TPSA) is 44.0 Å². The Labute approximate surface area is 123 Å². The Morgan fingerprint density at radius 1 is 1.00 bits per heavy atom. The van der Waals surface area contributed by atoms with Crippen LogP contribution in [-0.2, 0) is 0 Å². The van der Waals surface area contributed by atoms with E-state index in [-0.39, 0.29) is 0 Å². The highest BCUT2D eigenvalue weighted by atomic mass is 15.2. The molecular formula is C17H18N4. The molecule has 3 heterocycles. The molecule has 4 rings (SSSR count). The molecule has 0 amide bonds. The molecule has 0 spiro atoms. The maximum absolute atomic E-state index is 4.58. The Balaban J connectivity index is 1.93. The molecule has 2 N–H and O–H groups in total. The van der Waals surface area contributed by atoms with Gasteiger partial charge in [-0.05, 0) is 11.6 Å². The van der Waals surface area contributed by atoms with Crippen molar-refractivity contribution >= 4 is 16.7 Å². The molecule has 4 heteroatoms. The molecule has 3 aromatic rings. The average Bonchev–Trinajstić information content (AvgIpc) is 3.04. The third-order valence-corrected chi connectivity index (χ3v) is 4.08. The smallest absolute Gasteiger partial charge is 0.139 e. The number of H-pyrrole nitrogens is 1. The summed E-state index contributed by atoms with van der Waals surface area (Å²) in [5, 5.41) is 4.63. The van der Waals surface area contributed by atoms with Gasteiger partial charge in [-0.1, -0.05) is 30.3 Å². The second-order valence-corrected chi connectivity index (χ2v) is 5.36. The minimum absolute atomic E-state index is 0.961. The highest BCUT2D eigenvalue weighted by Gasteiger charge is 2.19. The maximum atomic E-state index is 4.58. The predicted molar refractivity (Wildman–Crippen MR) is 86.6 cm³/mol. The fourth-order valence-electron chi connectivity index (χ4n) is 3.05. The predicted octanol–water partition coefficient (Wildman–Crippen LogP) is 2.64. The van der Waals surface area contributed by atoms with E-state index in [0.29, 0.717) is 0 Å². The SMILES string of the molecule is c1ccc(-c2cnc3[nH]ccc3c2N2CCNCC2)cc1. The number of hydrogen-bond acceptors (Lipinski definition) is 3. The molecule has 1 aliphatic rings. The second-order valence-electron chi connectivity index (χ2n) is 5.36. The van der Waals surface area contributed by atoms with Gasteiger partial charge in [-0.25, -0.2) is 4.98 Å². The largest absolute Gasteiger partial charge is 0.368 e. The summed E-state index contributed by atoms with van der Waals surface area (Å²) in [5.41, 5.74) is 4.70. The average molecular weight is 278 g/mol. The van der Waals surface area contributed by atoms with Crippen LogP contribution in [0.5, 0.6) is 0 Å². The monoisotopic (exact) mass is 278 g/mol. The van der Waals surface area contributed by atoms with Crippen molar-refractivity contribution in [3.8, 4) is 11.1 Å². The van der Waals surface area contributed by atoms with E-state index in [9.17, 15) is 0 Å².